The Balaban J connectivity index is 2.05. The third kappa shape index (κ3) is 4.82. The summed E-state index contributed by atoms with van der Waals surface area (Å²) in [5.74, 6) is -1.36. The average molecular weight is 382 g/mol. The highest BCUT2D eigenvalue weighted by Crippen LogP contribution is 2.22. The molecule has 0 saturated heterocycles. The maximum atomic E-state index is 12.9. The van der Waals surface area contributed by atoms with E-state index in [9.17, 15) is 14.0 Å². The van der Waals surface area contributed by atoms with E-state index in [-0.39, 0.29) is 10.7 Å². The van der Waals surface area contributed by atoms with Crippen LogP contribution in [0, 0.1) is 18.7 Å². The molecule has 0 aliphatic heterocycles. The molecule has 1 amide bonds. The Hall–Kier alpha value is -2.41. The summed E-state index contributed by atoms with van der Waals surface area (Å²) in [6.45, 7) is 7.68. The van der Waals surface area contributed by atoms with E-state index in [1.165, 1.54) is 31.2 Å². The number of nitrogens with zero attached hydrogens (tertiary/aromatic N) is 2. The van der Waals surface area contributed by atoms with E-state index in [0.29, 0.717) is 23.8 Å². The van der Waals surface area contributed by atoms with Crippen molar-refractivity contribution in [3.8, 4) is 0 Å². The van der Waals surface area contributed by atoms with Gasteiger partial charge in [0.2, 0.25) is 0 Å². The number of benzene rings is 1. The molecule has 0 unspecified atom stereocenters. The van der Waals surface area contributed by atoms with Gasteiger partial charge >= 0.3 is 5.97 Å². The van der Waals surface area contributed by atoms with Gasteiger partial charge in [-0.05, 0) is 44.0 Å². The smallest absolute Gasteiger partial charge is 0.343 e. The second-order valence-electron chi connectivity index (χ2n) is 6.37. The van der Waals surface area contributed by atoms with Crippen molar-refractivity contribution in [2.75, 3.05) is 5.32 Å². The molecule has 0 aliphatic carbocycles. The zero-order chi connectivity index (χ0) is 19.4. The number of halogens is 2. The lowest BCUT2D eigenvalue weighted by Gasteiger charge is -2.13. The Morgan fingerprint density at radius 1 is 1.27 bits per heavy atom. The molecule has 2 rings (SSSR count). The lowest BCUT2D eigenvalue weighted by molar-refractivity contribution is -0.123. The number of esters is 1. The van der Waals surface area contributed by atoms with E-state index in [0.717, 1.165) is 0 Å². The minimum absolute atomic E-state index is 0.147. The van der Waals surface area contributed by atoms with Crippen LogP contribution in [0.15, 0.2) is 24.3 Å². The summed E-state index contributed by atoms with van der Waals surface area (Å²) in [6, 6.07) is 5.27. The third-order valence-corrected chi connectivity index (χ3v) is 3.96. The van der Waals surface area contributed by atoms with Crippen LogP contribution in [-0.2, 0) is 16.1 Å². The molecule has 1 aromatic heterocycles. The summed E-state index contributed by atoms with van der Waals surface area (Å²) in [6.07, 6.45) is -1.06. The van der Waals surface area contributed by atoms with Gasteiger partial charge in [-0.15, -0.1) is 0 Å². The first-order valence-corrected chi connectivity index (χ1v) is 8.57. The number of carbonyl (C=O) groups excluding carboxylic acids is 2. The fourth-order valence-corrected chi connectivity index (χ4v) is 2.62. The summed E-state index contributed by atoms with van der Waals surface area (Å²) in [5, 5.41) is 6.98. The highest BCUT2D eigenvalue weighted by Gasteiger charge is 2.26. The summed E-state index contributed by atoms with van der Waals surface area (Å²) in [7, 11) is 0. The lowest BCUT2D eigenvalue weighted by atomic mass is 10.2. The molecule has 26 heavy (non-hydrogen) atoms. The van der Waals surface area contributed by atoms with Crippen molar-refractivity contribution in [2.24, 2.45) is 5.92 Å². The van der Waals surface area contributed by atoms with Gasteiger partial charge < -0.3 is 10.1 Å². The van der Waals surface area contributed by atoms with E-state index in [1.54, 1.807) is 11.6 Å². The van der Waals surface area contributed by atoms with Gasteiger partial charge in [0.05, 0.1) is 5.69 Å². The number of nitrogens with one attached hydrogen (secondary N) is 1. The van der Waals surface area contributed by atoms with Gasteiger partial charge in [-0.25, -0.2) is 9.18 Å². The van der Waals surface area contributed by atoms with Gasteiger partial charge in [-0.3, -0.25) is 9.48 Å². The fourth-order valence-electron chi connectivity index (χ4n) is 2.30. The minimum atomic E-state index is -1.06. The lowest BCUT2D eigenvalue weighted by Crippen LogP contribution is -2.30. The SMILES string of the molecule is Cc1nn(CC(C)C)c(Cl)c1C(=O)O[C@H](C)C(=O)Nc1ccc(F)cc1. The largest absolute Gasteiger partial charge is 0.449 e. The highest BCUT2D eigenvalue weighted by atomic mass is 35.5. The number of ether oxygens (including phenoxy) is 1. The van der Waals surface area contributed by atoms with Gasteiger partial charge in [0.1, 0.15) is 16.5 Å². The molecular weight excluding hydrogens is 361 g/mol. The zero-order valence-corrected chi connectivity index (χ0v) is 15.8. The minimum Gasteiger partial charge on any atom is -0.449 e. The number of hydrogen-bond donors (Lipinski definition) is 1. The van der Waals surface area contributed by atoms with E-state index >= 15 is 0 Å². The normalized spacial score (nSPS) is 12.1. The van der Waals surface area contributed by atoms with Crippen LogP contribution in [0.4, 0.5) is 10.1 Å². The topological polar surface area (TPSA) is 73.2 Å². The number of anilines is 1. The quantitative estimate of drug-likeness (QED) is 0.772. The van der Waals surface area contributed by atoms with E-state index in [2.05, 4.69) is 10.4 Å². The predicted octanol–water partition coefficient (Wildman–Crippen LogP) is 3.82. The molecular formula is C18H21ClFN3O3. The number of aromatic nitrogens is 2. The van der Waals surface area contributed by atoms with Crippen molar-refractivity contribution < 1.29 is 18.7 Å². The predicted molar refractivity (Wildman–Crippen MR) is 96.7 cm³/mol. The van der Waals surface area contributed by atoms with Crippen molar-refractivity contribution in [3.05, 3.63) is 46.5 Å². The van der Waals surface area contributed by atoms with Gasteiger partial charge in [-0.2, -0.15) is 5.10 Å². The Morgan fingerprint density at radius 3 is 2.46 bits per heavy atom. The number of rotatable bonds is 6. The maximum absolute atomic E-state index is 12.9. The Labute approximate surface area is 156 Å². The van der Waals surface area contributed by atoms with E-state index < -0.39 is 23.8 Å². The Bertz CT molecular complexity index is 803. The molecule has 0 saturated carbocycles. The number of aryl methyl sites for hydroxylation is 1. The van der Waals surface area contributed by atoms with Crippen molar-refractivity contribution in [1.29, 1.82) is 0 Å². The second kappa shape index (κ2) is 8.31. The molecule has 0 fully saturated rings. The molecule has 1 aromatic carbocycles. The van der Waals surface area contributed by atoms with Crippen LogP contribution in [0.5, 0.6) is 0 Å². The van der Waals surface area contributed by atoms with Crippen molar-refractivity contribution in [1.82, 2.24) is 9.78 Å². The van der Waals surface area contributed by atoms with Crippen LogP contribution in [-0.4, -0.2) is 27.8 Å². The van der Waals surface area contributed by atoms with Gasteiger partial charge in [0, 0.05) is 12.2 Å². The van der Waals surface area contributed by atoms with Gasteiger partial charge in [0.15, 0.2) is 6.10 Å². The summed E-state index contributed by atoms with van der Waals surface area (Å²) in [5.41, 5.74) is 0.985. The number of amides is 1. The first kappa shape index (κ1) is 19.9. The number of carbonyl (C=O) groups is 2. The molecule has 140 valence electrons. The van der Waals surface area contributed by atoms with E-state index in [4.69, 9.17) is 16.3 Å². The monoisotopic (exact) mass is 381 g/mol. The van der Waals surface area contributed by atoms with Crippen molar-refractivity contribution in [2.45, 2.75) is 40.3 Å². The molecule has 0 bridgehead atoms. The van der Waals surface area contributed by atoms with Crippen LogP contribution in [0.3, 0.4) is 0 Å². The molecule has 1 heterocycles. The molecule has 2 aromatic rings. The van der Waals surface area contributed by atoms with Crippen LogP contribution in [0.1, 0.15) is 36.8 Å². The van der Waals surface area contributed by atoms with Crippen molar-refractivity contribution in [3.63, 3.8) is 0 Å². The summed E-state index contributed by atoms with van der Waals surface area (Å²) < 4.78 is 19.7. The summed E-state index contributed by atoms with van der Waals surface area (Å²) in [4.78, 5) is 24.6. The molecule has 0 spiro atoms. The zero-order valence-electron chi connectivity index (χ0n) is 15.0. The van der Waals surface area contributed by atoms with Crippen LogP contribution in [0.25, 0.3) is 0 Å². The van der Waals surface area contributed by atoms with Gasteiger partial charge in [-0.1, -0.05) is 25.4 Å². The van der Waals surface area contributed by atoms with Crippen LogP contribution >= 0.6 is 11.6 Å². The second-order valence-corrected chi connectivity index (χ2v) is 6.73. The molecule has 1 atom stereocenters. The van der Waals surface area contributed by atoms with Gasteiger partial charge in [0.25, 0.3) is 5.91 Å². The molecule has 0 radical (unpaired) electrons. The molecule has 6 nitrogen and oxygen atoms in total. The van der Waals surface area contributed by atoms with Crippen LogP contribution < -0.4 is 5.32 Å². The first-order chi connectivity index (χ1) is 12.2. The first-order valence-electron chi connectivity index (χ1n) is 8.19. The van der Waals surface area contributed by atoms with Crippen molar-refractivity contribution >= 4 is 29.2 Å². The highest BCUT2D eigenvalue weighted by molar-refractivity contribution is 6.32. The van der Waals surface area contributed by atoms with E-state index in [1.807, 2.05) is 13.8 Å². The number of hydrogen-bond acceptors (Lipinski definition) is 4. The Kier molecular flexibility index (Phi) is 6.37. The summed E-state index contributed by atoms with van der Waals surface area (Å²) >= 11 is 6.24. The molecule has 0 aliphatic rings. The third-order valence-electron chi connectivity index (χ3n) is 3.57. The standard InChI is InChI=1S/C18H21ClFN3O3/c1-10(2)9-23-16(19)15(11(3)22-23)18(25)26-12(4)17(24)21-14-7-5-13(20)6-8-14/h5-8,10,12H,9H2,1-4H3,(H,21,24)/t12-/m1/s1. The molecule has 1 N–H and O–H groups in total. The maximum Gasteiger partial charge on any atom is 0.343 e. The average Bonchev–Trinajstić information content (AvgIpc) is 2.82. The Morgan fingerprint density at radius 2 is 1.88 bits per heavy atom. The molecule has 8 heteroatoms. The van der Waals surface area contributed by atoms with Crippen LogP contribution in [0.2, 0.25) is 5.15 Å². The fraction of sp³-hybridized carbons (Fsp3) is 0.389.